The molecule has 0 spiro atoms. The van der Waals surface area contributed by atoms with Gasteiger partial charge in [-0.25, -0.2) is 0 Å². The number of hydrogen-bond donors (Lipinski definition) is 2. The molecule has 7 nitrogen and oxygen atoms in total. The number of furan rings is 1. The third-order valence-electron chi connectivity index (χ3n) is 6.72. The number of carboxylic acids is 1. The number of halogens is 3. The summed E-state index contributed by atoms with van der Waals surface area (Å²) in [6.07, 6.45) is 0.0733. The van der Waals surface area contributed by atoms with E-state index in [0.717, 1.165) is 37.7 Å². The van der Waals surface area contributed by atoms with Crippen molar-refractivity contribution < 1.29 is 41.8 Å². The second kappa shape index (κ2) is 12.3. The lowest BCUT2D eigenvalue weighted by Crippen LogP contribution is -2.26. The number of ether oxygens (including phenoxy) is 2. The summed E-state index contributed by atoms with van der Waals surface area (Å²) in [4.78, 5) is 22.9. The van der Waals surface area contributed by atoms with Gasteiger partial charge in [0.2, 0.25) is 0 Å². The molecular weight excluding hydrogens is 515 g/mol. The van der Waals surface area contributed by atoms with E-state index in [1.165, 1.54) is 24.3 Å². The van der Waals surface area contributed by atoms with Gasteiger partial charge in [-0.3, -0.25) is 9.59 Å². The van der Waals surface area contributed by atoms with Gasteiger partial charge in [0, 0.05) is 29.2 Å². The Bertz CT molecular complexity index is 1260. The molecule has 0 radical (unpaired) electrons. The van der Waals surface area contributed by atoms with Crippen molar-refractivity contribution in [2.24, 2.45) is 5.92 Å². The first-order chi connectivity index (χ1) is 18.6. The van der Waals surface area contributed by atoms with Crippen molar-refractivity contribution in [3.05, 3.63) is 71.5 Å². The molecule has 1 aromatic heterocycles. The lowest BCUT2D eigenvalue weighted by Gasteiger charge is -2.30. The van der Waals surface area contributed by atoms with Crippen LogP contribution in [0.15, 0.2) is 59.0 Å². The summed E-state index contributed by atoms with van der Waals surface area (Å²) in [5.41, 5.74) is 1.87. The Morgan fingerprint density at radius 2 is 1.67 bits per heavy atom. The Balaban J connectivity index is 1.53. The monoisotopic (exact) mass is 545 g/mol. The van der Waals surface area contributed by atoms with Gasteiger partial charge in [0.25, 0.3) is 5.91 Å². The molecule has 1 amide bonds. The van der Waals surface area contributed by atoms with Crippen molar-refractivity contribution >= 4 is 11.9 Å². The number of aliphatic carboxylic acids is 1. The predicted molar refractivity (Wildman–Crippen MR) is 137 cm³/mol. The number of carbonyl (C=O) groups excluding carboxylic acids is 1. The van der Waals surface area contributed by atoms with Crippen molar-refractivity contribution in [3.63, 3.8) is 0 Å². The average Bonchev–Trinajstić information content (AvgIpc) is 3.28. The van der Waals surface area contributed by atoms with E-state index < -0.39 is 12.3 Å². The van der Waals surface area contributed by atoms with Crippen LogP contribution in [0, 0.1) is 12.8 Å². The topological polar surface area (TPSA) is 98.0 Å². The standard InChI is InChI=1S/C29H30F3NO6/c1-18-24(17-25(37-18)19-7-13-23(14-8-19)39-29(30,31)32)27(20-5-3-2-4-6-20)38-22-11-9-21(10-12-22)28(36)33-16-15-26(34)35/h7-14,17,20,27H,2-6,15-16H2,1H3,(H,33,36)(H,34,35). The fourth-order valence-corrected chi connectivity index (χ4v) is 4.81. The maximum Gasteiger partial charge on any atom is 0.573 e. The van der Waals surface area contributed by atoms with Gasteiger partial charge in [0.15, 0.2) is 0 Å². The fraction of sp³-hybridized carbons (Fsp3) is 0.379. The molecule has 4 rings (SSSR count). The van der Waals surface area contributed by atoms with E-state index in [1.54, 1.807) is 24.3 Å². The summed E-state index contributed by atoms with van der Waals surface area (Å²) in [6, 6.07) is 14.1. The minimum Gasteiger partial charge on any atom is -0.485 e. The zero-order chi connectivity index (χ0) is 28.0. The Labute approximate surface area is 223 Å². The van der Waals surface area contributed by atoms with E-state index in [4.69, 9.17) is 14.3 Å². The summed E-state index contributed by atoms with van der Waals surface area (Å²) in [6.45, 7) is 1.88. The highest BCUT2D eigenvalue weighted by Crippen LogP contribution is 2.41. The Hall–Kier alpha value is -3.95. The van der Waals surface area contributed by atoms with E-state index in [0.29, 0.717) is 28.4 Å². The van der Waals surface area contributed by atoms with Gasteiger partial charge in [-0.1, -0.05) is 19.3 Å². The largest absolute Gasteiger partial charge is 0.573 e. The van der Waals surface area contributed by atoms with Crippen molar-refractivity contribution in [1.82, 2.24) is 5.32 Å². The molecule has 2 N–H and O–H groups in total. The van der Waals surface area contributed by atoms with E-state index in [1.807, 2.05) is 13.0 Å². The molecule has 0 bridgehead atoms. The van der Waals surface area contributed by atoms with Crippen LogP contribution >= 0.6 is 0 Å². The van der Waals surface area contributed by atoms with Crippen LogP contribution in [0.2, 0.25) is 0 Å². The van der Waals surface area contributed by atoms with Crippen molar-refractivity contribution in [3.8, 4) is 22.8 Å². The molecule has 0 aliphatic heterocycles. The van der Waals surface area contributed by atoms with Crippen LogP contribution in [-0.4, -0.2) is 29.9 Å². The van der Waals surface area contributed by atoms with Crippen LogP contribution in [0.5, 0.6) is 11.5 Å². The van der Waals surface area contributed by atoms with Gasteiger partial charge in [-0.05, 0) is 74.4 Å². The summed E-state index contributed by atoms with van der Waals surface area (Å²) >= 11 is 0. The quantitative estimate of drug-likeness (QED) is 0.283. The normalized spacial score (nSPS) is 15.0. The molecule has 1 aliphatic carbocycles. The molecule has 208 valence electrons. The molecule has 1 heterocycles. The average molecular weight is 546 g/mol. The predicted octanol–water partition coefficient (Wildman–Crippen LogP) is 7.06. The SMILES string of the molecule is Cc1oc(-c2ccc(OC(F)(F)F)cc2)cc1C(Oc1ccc(C(=O)NCCC(=O)O)cc1)C1CCCCC1. The van der Waals surface area contributed by atoms with Crippen LogP contribution in [0.3, 0.4) is 0 Å². The van der Waals surface area contributed by atoms with Crippen molar-refractivity contribution in [2.75, 3.05) is 6.54 Å². The highest BCUT2D eigenvalue weighted by molar-refractivity contribution is 5.94. The Morgan fingerprint density at radius 3 is 2.28 bits per heavy atom. The first-order valence-electron chi connectivity index (χ1n) is 12.8. The first-order valence-corrected chi connectivity index (χ1v) is 12.8. The number of nitrogens with one attached hydrogen (secondary N) is 1. The number of amides is 1. The minimum atomic E-state index is -4.76. The number of carbonyl (C=O) groups is 2. The lowest BCUT2D eigenvalue weighted by molar-refractivity contribution is -0.274. The fourth-order valence-electron chi connectivity index (χ4n) is 4.81. The molecule has 3 aromatic rings. The van der Waals surface area contributed by atoms with Gasteiger partial charge in [0.05, 0.1) is 6.42 Å². The minimum absolute atomic E-state index is 0.0380. The maximum atomic E-state index is 12.5. The molecule has 1 atom stereocenters. The number of hydrogen-bond acceptors (Lipinski definition) is 5. The number of aryl methyl sites for hydroxylation is 1. The molecule has 1 fully saturated rings. The summed E-state index contributed by atoms with van der Waals surface area (Å²) in [5, 5.41) is 11.3. The number of rotatable bonds is 10. The summed E-state index contributed by atoms with van der Waals surface area (Å²) in [5.74, 6) is 0.321. The lowest BCUT2D eigenvalue weighted by atomic mass is 9.82. The molecule has 1 unspecified atom stereocenters. The molecule has 0 saturated heterocycles. The maximum absolute atomic E-state index is 12.5. The van der Waals surface area contributed by atoms with Gasteiger partial charge in [0.1, 0.15) is 29.1 Å². The number of carboxylic acid groups (broad SMARTS) is 1. The van der Waals surface area contributed by atoms with E-state index >= 15 is 0 Å². The second-order valence-corrected chi connectivity index (χ2v) is 9.55. The highest BCUT2D eigenvalue weighted by atomic mass is 19.4. The van der Waals surface area contributed by atoms with Crippen LogP contribution in [-0.2, 0) is 4.79 Å². The third-order valence-corrected chi connectivity index (χ3v) is 6.72. The van der Waals surface area contributed by atoms with E-state index in [-0.39, 0.29) is 36.6 Å². The van der Waals surface area contributed by atoms with E-state index in [2.05, 4.69) is 10.1 Å². The van der Waals surface area contributed by atoms with E-state index in [9.17, 15) is 22.8 Å². The number of benzene rings is 2. The highest BCUT2D eigenvalue weighted by Gasteiger charge is 2.32. The Morgan fingerprint density at radius 1 is 1.03 bits per heavy atom. The summed E-state index contributed by atoms with van der Waals surface area (Å²) in [7, 11) is 0. The summed E-state index contributed by atoms with van der Waals surface area (Å²) < 4.78 is 54.0. The van der Waals surface area contributed by atoms with Crippen LogP contribution < -0.4 is 14.8 Å². The van der Waals surface area contributed by atoms with Gasteiger partial charge in [-0.2, -0.15) is 0 Å². The molecule has 10 heteroatoms. The third kappa shape index (κ3) is 7.78. The molecule has 2 aromatic carbocycles. The molecule has 1 aliphatic rings. The van der Waals surface area contributed by atoms with Gasteiger partial charge >= 0.3 is 12.3 Å². The molecule has 39 heavy (non-hydrogen) atoms. The zero-order valence-electron chi connectivity index (χ0n) is 21.4. The molecular formula is C29H30F3NO6. The smallest absolute Gasteiger partial charge is 0.485 e. The van der Waals surface area contributed by atoms with Gasteiger partial charge in [-0.15, -0.1) is 13.2 Å². The number of alkyl halides is 3. The van der Waals surface area contributed by atoms with Crippen LogP contribution in [0.4, 0.5) is 13.2 Å². The van der Waals surface area contributed by atoms with Crippen LogP contribution in [0.25, 0.3) is 11.3 Å². The van der Waals surface area contributed by atoms with Gasteiger partial charge < -0.3 is 24.3 Å². The van der Waals surface area contributed by atoms with Crippen molar-refractivity contribution in [2.45, 2.75) is 57.9 Å². The van der Waals surface area contributed by atoms with Crippen LogP contribution in [0.1, 0.15) is 66.3 Å². The first kappa shape index (κ1) is 28.1. The second-order valence-electron chi connectivity index (χ2n) is 9.55. The van der Waals surface area contributed by atoms with Crippen molar-refractivity contribution in [1.29, 1.82) is 0 Å². The molecule has 1 saturated carbocycles. The zero-order valence-corrected chi connectivity index (χ0v) is 21.4. The Kier molecular flexibility index (Phi) is 8.83.